The molecular weight excluding hydrogens is 208 g/mol. The fraction of sp³-hybridized carbons (Fsp3) is 0.909. The van der Waals surface area contributed by atoms with Gasteiger partial charge in [-0.1, -0.05) is 0 Å². The predicted molar refractivity (Wildman–Crippen MR) is 60.0 cm³/mol. The molecule has 0 aromatic carbocycles. The van der Waals surface area contributed by atoms with E-state index in [1.54, 1.807) is 0 Å². The third-order valence-electron chi connectivity index (χ3n) is 2.65. The van der Waals surface area contributed by atoms with Crippen LogP contribution in [0.2, 0.25) is 0 Å². The number of nitrogens with one attached hydrogen (secondary N) is 1. The summed E-state index contributed by atoms with van der Waals surface area (Å²) in [7, 11) is 0. The molecule has 0 aromatic heterocycles. The lowest BCUT2D eigenvalue weighted by molar-refractivity contribution is -0.162. The number of hydrazine groups is 1. The number of carbonyl (C=O) groups excluding carboxylic acids is 1. The van der Waals surface area contributed by atoms with Crippen molar-refractivity contribution in [3.05, 3.63) is 0 Å². The van der Waals surface area contributed by atoms with Crippen LogP contribution in [0.5, 0.6) is 0 Å². The maximum atomic E-state index is 11.8. The third kappa shape index (κ3) is 4.47. The molecule has 0 bridgehead atoms. The minimum Gasteiger partial charge on any atom is -0.460 e. The summed E-state index contributed by atoms with van der Waals surface area (Å²) in [5.74, 6) is 4.99. The molecule has 0 heterocycles. The number of rotatable bonds is 3. The van der Waals surface area contributed by atoms with Crippen molar-refractivity contribution in [3.8, 4) is 0 Å². The summed E-state index contributed by atoms with van der Waals surface area (Å²) in [5.41, 5.74) is 1.80. The van der Waals surface area contributed by atoms with E-state index < -0.39 is 5.60 Å². The molecule has 5 heteroatoms. The van der Waals surface area contributed by atoms with Gasteiger partial charge in [0, 0.05) is 0 Å². The van der Waals surface area contributed by atoms with Crippen molar-refractivity contribution in [3.63, 3.8) is 0 Å². The van der Waals surface area contributed by atoms with Gasteiger partial charge in [0.05, 0.1) is 12.0 Å². The molecule has 0 unspecified atom stereocenters. The fourth-order valence-corrected chi connectivity index (χ4v) is 1.90. The smallest absolute Gasteiger partial charge is 0.309 e. The van der Waals surface area contributed by atoms with Crippen LogP contribution in [-0.2, 0) is 14.4 Å². The normalized spacial score (nSPS) is 26.5. The van der Waals surface area contributed by atoms with Gasteiger partial charge in [-0.05, 0) is 46.5 Å². The summed E-state index contributed by atoms with van der Waals surface area (Å²) in [5, 5.41) is 0. The summed E-state index contributed by atoms with van der Waals surface area (Å²) >= 11 is 0. The van der Waals surface area contributed by atoms with Crippen LogP contribution in [0.15, 0.2) is 0 Å². The molecule has 3 N–H and O–H groups in total. The molecule has 0 atom stereocenters. The number of esters is 1. The van der Waals surface area contributed by atoms with E-state index in [9.17, 15) is 4.79 Å². The van der Waals surface area contributed by atoms with Crippen molar-refractivity contribution in [1.82, 2.24) is 5.59 Å². The van der Waals surface area contributed by atoms with Gasteiger partial charge in [-0.3, -0.25) is 9.63 Å². The van der Waals surface area contributed by atoms with Gasteiger partial charge in [-0.2, -0.15) is 0 Å². The van der Waals surface area contributed by atoms with Crippen LogP contribution in [0, 0.1) is 5.92 Å². The minimum atomic E-state index is -0.400. The molecule has 1 saturated carbocycles. The van der Waals surface area contributed by atoms with Crippen molar-refractivity contribution >= 4 is 5.97 Å². The highest BCUT2D eigenvalue weighted by molar-refractivity contribution is 5.72. The van der Waals surface area contributed by atoms with Crippen LogP contribution in [0.3, 0.4) is 0 Å². The fourth-order valence-electron chi connectivity index (χ4n) is 1.90. The second-order valence-corrected chi connectivity index (χ2v) is 5.24. The molecule has 1 rings (SSSR count). The van der Waals surface area contributed by atoms with E-state index in [0.29, 0.717) is 0 Å². The van der Waals surface area contributed by atoms with Crippen LogP contribution >= 0.6 is 0 Å². The molecule has 0 spiro atoms. The highest BCUT2D eigenvalue weighted by Gasteiger charge is 2.30. The van der Waals surface area contributed by atoms with Gasteiger partial charge in [-0.15, -0.1) is 5.59 Å². The highest BCUT2D eigenvalue weighted by atomic mass is 16.7. The monoisotopic (exact) mass is 230 g/mol. The highest BCUT2D eigenvalue weighted by Crippen LogP contribution is 2.27. The Balaban J connectivity index is 2.33. The zero-order valence-corrected chi connectivity index (χ0v) is 10.3. The van der Waals surface area contributed by atoms with E-state index in [4.69, 9.17) is 15.4 Å². The van der Waals surface area contributed by atoms with Gasteiger partial charge in [0.15, 0.2) is 0 Å². The standard InChI is InChI=1S/C11H22N2O3/c1-11(2,3)15-10(14)8-4-6-9(7-5-8)16-13-12/h8-9,13H,4-7,12H2,1-3H3. The molecule has 0 amide bonds. The molecule has 1 aliphatic rings. The second-order valence-electron chi connectivity index (χ2n) is 5.24. The predicted octanol–water partition coefficient (Wildman–Crippen LogP) is 1.28. The Labute approximate surface area is 96.6 Å². The number of hydrogen-bond acceptors (Lipinski definition) is 5. The first kappa shape index (κ1) is 13.4. The zero-order valence-electron chi connectivity index (χ0n) is 10.3. The summed E-state index contributed by atoms with van der Waals surface area (Å²) in [4.78, 5) is 16.9. The van der Waals surface area contributed by atoms with Gasteiger partial charge in [0.1, 0.15) is 5.60 Å². The van der Waals surface area contributed by atoms with Gasteiger partial charge in [0.2, 0.25) is 0 Å². The van der Waals surface area contributed by atoms with E-state index in [1.165, 1.54) is 0 Å². The molecule has 1 aliphatic carbocycles. The Hall–Kier alpha value is -0.650. The van der Waals surface area contributed by atoms with E-state index in [2.05, 4.69) is 5.59 Å². The Morgan fingerprint density at radius 1 is 1.25 bits per heavy atom. The minimum absolute atomic E-state index is 0.0110. The van der Waals surface area contributed by atoms with Gasteiger partial charge in [-0.25, -0.2) is 5.84 Å². The lowest BCUT2D eigenvalue weighted by Crippen LogP contribution is -2.35. The van der Waals surface area contributed by atoms with Crippen LogP contribution in [0.4, 0.5) is 0 Å². The molecule has 1 fully saturated rings. The number of carbonyl (C=O) groups is 1. The molecule has 0 saturated heterocycles. The largest absolute Gasteiger partial charge is 0.460 e. The Kier molecular flexibility index (Phi) is 4.70. The number of nitrogens with two attached hydrogens (primary N) is 1. The van der Waals surface area contributed by atoms with Crippen molar-refractivity contribution in [2.24, 2.45) is 11.8 Å². The van der Waals surface area contributed by atoms with Crippen molar-refractivity contribution in [1.29, 1.82) is 0 Å². The van der Waals surface area contributed by atoms with E-state index in [-0.39, 0.29) is 18.0 Å². The Morgan fingerprint density at radius 2 is 1.81 bits per heavy atom. The first-order chi connectivity index (χ1) is 7.42. The molecule has 0 aliphatic heterocycles. The van der Waals surface area contributed by atoms with Gasteiger partial charge in [0.25, 0.3) is 0 Å². The third-order valence-corrected chi connectivity index (χ3v) is 2.65. The molecule has 16 heavy (non-hydrogen) atoms. The van der Waals surface area contributed by atoms with Crippen LogP contribution in [-0.4, -0.2) is 17.7 Å². The summed E-state index contributed by atoms with van der Waals surface area (Å²) in [6.07, 6.45) is 3.41. The van der Waals surface area contributed by atoms with Crippen molar-refractivity contribution in [2.75, 3.05) is 0 Å². The summed E-state index contributed by atoms with van der Waals surface area (Å²) in [6, 6.07) is 0. The number of ether oxygens (including phenoxy) is 1. The van der Waals surface area contributed by atoms with Crippen LogP contribution in [0.1, 0.15) is 46.5 Å². The maximum Gasteiger partial charge on any atom is 0.309 e. The van der Waals surface area contributed by atoms with Crippen LogP contribution < -0.4 is 11.4 Å². The van der Waals surface area contributed by atoms with Crippen LogP contribution in [0.25, 0.3) is 0 Å². The van der Waals surface area contributed by atoms with E-state index >= 15 is 0 Å². The lowest BCUT2D eigenvalue weighted by atomic mass is 9.87. The quantitative estimate of drug-likeness (QED) is 0.434. The average Bonchev–Trinajstić information content (AvgIpc) is 2.16. The average molecular weight is 230 g/mol. The van der Waals surface area contributed by atoms with Gasteiger partial charge >= 0.3 is 5.97 Å². The van der Waals surface area contributed by atoms with E-state index in [1.807, 2.05) is 20.8 Å². The summed E-state index contributed by atoms with van der Waals surface area (Å²) < 4.78 is 5.35. The van der Waals surface area contributed by atoms with Crippen molar-refractivity contribution in [2.45, 2.75) is 58.2 Å². The molecular formula is C11H22N2O3. The molecule has 0 aromatic rings. The summed E-state index contributed by atoms with van der Waals surface area (Å²) in [6.45, 7) is 5.66. The maximum absolute atomic E-state index is 11.8. The number of hydrogen-bond donors (Lipinski definition) is 2. The molecule has 94 valence electrons. The lowest BCUT2D eigenvalue weighted by Gasteiger charge is -2.29. The first-order valence-corrected chi connectivity index (χ1v) is 5.76. The first-order valence-electron chi connectivity index (χ1n) is 5.76. The SMILES string of the molecule is CC(C)(C)OC(=O)C1CCC(ONN)CC1. The molecule has 5 nitrogen and oxygen atoms in total. The van der Waals surface area contributed by atoms with Gasteiger partial charge < -0.3 is 4.74 Å². The Morgan fingerprint density at radius 3 is 2.25 bits per heavy atom. The van der Waals surface area contributed by atoms with E-state index in [0.717, 1.165) is 25.7 Å². The topological polar surface area (TPSA) is 73.6 Å². The second kappa shape index (κ2) is 5.61. The molecule has 0 radical (unpaired) electrons. The Bertz CT molecular complexity index is 230. The zero-order chi connectivity index (χ0) is 12.2. The van der Waals surface area contributed by atoms with Crippen molar-refractivity contribution < 1.29 is 14.4 Å².